The molecule has 0 aliphatic carbocycles. The molecule has 0 bridgehead atoms. The van der Waals surface area contributed by atoms with Gasteiger partial charge in [-0.05, 0) is 30.5 Å². The van der Waals surface area contributed by atoms with Gasteiger partial charge in [-0.1, -0.05) is 24.3 Å². The van der Waals surface area contributed by atoms with Crippen LogP contribution in [0, 0.1) is 13.8 Å². The molecule has 0 saturated heterocycles. The Morgan fingerprint density at radius 2 is 2.06 bits per heavy atom. The standard InChI is InChI=1S/C14H19N3/c1-11-8-16-17(9-11)10-13(7-15)14-6-4-3-5-12(14)2/h3-6,8-9,13H,7,10,15H2,1-2H3. The van der Waals surface area contributed by atoms with E-state index in [9.17, 15) is 0 Å². The molecule has 90 valence electrons. The van der Waals surface area contributed by atoms with E-state index in [1.165, 1.54) is 16.7 Å². The highest BCUT2D eigenvalue weighted by Gasteiger charge is 2.12. The SMILES string of the molecule is Cc1cnn(CC(CN)c2ccccc2C)c1. The number of benzene rings is 1. The first-order chi connectivity index (χ1) is 8.20. The minimum Gasteiger partial charge on any atom is -0.330 e. The topological polar surface area (TPSA) is 43.8 Å². The second-order valence-electron chi connectivity index (χ2n) is 4.53. The van der Waals surface area contributed by atoms with Crippen LogP contribution in [0.1, 0.15) is 22.6 Å². The highest BCUT2D eigenvalue weighted by molar-refractivity contribution is 5.29. The lowest BCUT2D eigenvalue weighted by molar-refractivity contribution is 0.519. The summed E-state index contributed by atoms with van der Waals surface area (Å²) in [6.45, 7) is 5.67. The molecule has 0 radical (unpaired) electrons. The smallest absolute Gasteiger partial charge is 0.0518 e. The second-order valence-corrected chi connectivity index (χ2v) is 4.53. The summed E-state index contributed by atoms with van der Waals surface area (Å²) in [5, 5.41) is 4.32. The van der Waals surface area contributed by atoms with Crippen molar-refractivity contribution in [3.05, 3.63) is 53.3 Å². The third-order valence-electron chi connectivity index (χ3n) is 3.08. The third-order valence-corrected chi connectivity index (χ3v) is 3.08. The van der Waals surface area contributed by atoms with Crippen LogP contribution in [0.5, 0.6) is 0 Å². The molecule has 17 heavy (non-hydrogen) atoms. The molecule has 0 aliphatic rings. The van der Waals surface area contributed by atoms with Crippen molar-refractivity contribution in [1.29, 1.82) is 0 Å². The molecule has 1 aromatic carbocycles. The summed E-state index contributed by atoms with van der Waals surface area (Å²) in [6.07, 6.45) is 3.94. The first-order valence-corrected chi connectivity index (χ1v) is 5.95. The highest BCUT2D eigenvalue weighted by Crippen LogP contribution is 2.20. The molecule has 0 saturated carbocycles. The fourth-order valence-corrected chi connectivity index (χ4v) is 2.14. The van der Waals surface area contributed by atoms with Crippen LogP contribution in [0.15, 0.2) is 36.7 Å². The molecule has 1 heterocycles. The van der Waals surface area contributed by atoms with Crippen molar-refractivity contribution in [1.82, 2.24) is 9.78 Å². The maximum atomic E-state index is 5.89. The van der Waals surface area contributed by atoms with Crippen molar-refractivity contribution >= 4 is 0 Å². The van der Waals surface area contributed by atoms with Crippen molar-refractivity contribution in [2.75, 3.05) is 6.54 Å². The van der Waals surface area contributed by atoms with Crippen LogP contribution in [0.3, 0.4) is 0 Å². The van der Waals surface area contributed by atoms with Crippen molar-refractivity contribution < 1.29 is 0 Å². The lowest BCUT2D eigenvalue weighted by atomic mass is 9.95. The van der Waals surface area contributed by atoms with E-state index in [0.717, 1.165) is 6.54 Å². The van der Waals surface area contributed by atoms with Gasteiger partial charge in [0, 0.05) is 25.2 Å². The molecule has 1 aromatic heterocycles. The van der Waals surface area contributed by atoms with E-state index in [1.807, 2.05) is 10.9 Å². The molecular formula is C14H19N3. The summed E-state index contributed by atoms with van der Waals surface area (Å²) < 4.78 is 1.97. The van der Waals surface area contributed by atoms with Gasteiger partial charge in [-0.15, -0.1) is 0 Å². The molecule has 2 N–H and O–H groups in total. The van der Waals surface area contributed by atoms with Gasteiger partial charge in [0.25, 0.3) is 0 Å². The largest absolute Gasteiger partial charge is 0.330 e. The van der Waals surface area contributed by atoms with Crippen molar-refractivity contribution in [3.8, 4) is 0 Å². The maximum absolute atomic E-state index is 5.89. The molecule has 0 spiro atoms. The highest BCUT2D eigenvalue weighted by atomic mass is 15.3. The Morgan fingerprint density at radius 3 is 2.65 bits per heavy atom. The predicted molar refractivity (Wildman–Crippen MR) is 69.9 cm³/mol. The Bertz CT molecular complexity index is 488. The summed E-state index contributed by atoms with van der Waals surface area (Å²) in [5.74, 6) is 0.329. The molecule has 0 amide bonds. The summed E-state index contributed by atoms with van der Waals surface area (Å²) >= 11 is 0. The zero-order valence-corrected chi connectivity index (χ0v) is 10.4. The van der Waals surface area contributed by atoms with Gasteiger partial charge in [0.2, 0.25) is 0 Å². The van der Waals surface area contributed by atoms with Crippen LogP contribution >= 0.6 is 0 Å². The molecule has 2 rings (SSSR count). The van der Waals surface area contributed by atoms with E-state index in [0.29, 0.717) is 12.5 Å². The maximum Gasteiger partial charge on any atom is 0.0518 e. The van der Waals surface area contributed by atoms with Gasteiger partial charge in [-0.3, -0.25) is 4.68 Å². The number of hydrogen-bond acceptors (Lipinski definition) is 2. The van der Waals surface area contributed by atoms with E-state index in [1.54, 1.807) is 0 Å². The van der Waals surface area contributed by atoms with Gasteiger partial charge >= 0.3 is 0 Å². The first kappa shape index (κ1) is 11.9. The van der Waals surface area contributed by atoms with Gasteiger partial charge in [-0.2, -0.15) is 5.10 Å². The van der Waals surface area contributed by atoms with Crippen LogP contribution in [0.4, 0.5) is 0 Å². The number of nitrogens with zero attached hydrogens (tertiary/aromatic N) is 2. The zero-order chi connectivity index (χ0) is 12.3. The van der Waals surface area contributed by atoms with Crippen molar-refractivity contribution in [2.45, 2.75) is 26.3 Å². The fraction of sp³-hybridized carbons (Fsp3) is 0.357. The molecule has 3 heteroatoms. The monoisotopic (exact) mass is 229 g/mol. The molecule has 1 unspecified atom stereocenters. The molecule has 2 aromatic rings. The Kier molecular flexibility index (Phi) is 3.59. The van der Waals surface area contributed by atoms with Gasteiger partial charge in [-0.25, -0.2) is 0 Å². The quantitative estimate of drug-likeness (QED) is 0.873. The molecular weight excluding hydrogens is 210 g/mol. The predicted octanol–water partition coefficient (Wildman–Crippen LogP) is 2.24. The number of aryl methyl sites for hydroxylation is 2. The average molecular weight is 229 g/mol. The Hall–Kier alpha value is -1.61. The third kappa shape index (κ3) is 2.74. The number of rotatable bonds is 4. The number of nitrogens with two attached hydrogens (primary N) is 1. The zero-order valence-electron chi connectivity index (χ0n) is 10.4. The normalized spacial score (nSPS) is 12.6. The lowest BCUT2D eigenvalue weighted by Crippen LogP contribution is -2.19. The summed E-state index contributed by atoms with van der Waals surface area (Å²) in [6, 6.07) is 8.42. The van der Waals surface area contributed by atoms with Crippen molar-refractivity contribution in [3.63, 3.8) is 0 Å². The van der Waals surface area contributed by atoms with E-state index in [2.05, 4.69) is 49.4 Å². The van der Waals surface area contributed by atoms with Gasteiger partial charge in [0.15, 0.2) is 0 Å². The van der Waals surface area contributed by atoms with Crippen LogP contribution < -0.4 is 5.73 Å². The summed E-state index contributed by atoms with van der Waals surface area (Å²) in [7, 11) is 0. The molecule has 1 atom stereocenters. The van der Waals surface area contributed by atoms with Gasteiger partial charge < -0.3 is 5.73 Å². The Labute approximate surface area is 102 Å². The molecule has 3 nitrogen and oxygen atoms in total. The van der Waals surface area contributed by atoms with E-state index < -0.39 is 0 Å². The Morgan fingerprint density at radius 1 is 1.29 bits per heavy atom. The molecule has 0 aliphatic heterocycles. The van der Waals surface area contributed by atoms with E-state index >= 15 is 0 Å². The first-order valence-electron chi connectivity index (χ1n) is 5.95. The molecule has 0 fully saturated rings. The average Bonchev–Trinajstić information content (AvgIpc) is 2.73. The van der Waals surface area contributed by atoms with Crippen LogP contribution in [0.2, 0.25) is 0 Å². The van der Waals surface area contributed by atoms with Crippen LogP contribution in [-0.4, -0.2) is 16.3 Å². The van der Waals surface area contributed by atoms with E-state index in [4.69, 9.17) is 5.73 Å². The second kappa shape index (κ2) is 5.15. The van der Waals surface area contributed by atoms with Gasteiger partial charge in [0.1, 0.15) is 0 Å². The van der Waals surface area contributed by atoms with Crippen LogP contribution in [0.25, 0.3) is 0 Å². The fourth-order valence-electron chi connectivity index (χ4n) is 2.14. The Balaban J connectivity index is 2.20. The van der Waals surface area contributed by atoms with E-state index in [-0.39, 0.29) is 0 Å². The summed E-state index contributed by atoms with van der Waals surface area (Å²) in [4.78, 5) is 0. The number of hydrogen-bond donors (Lipinski definition) is 1. The number of aromatic nitrogens is 2. The summed E-state index contributed by atoms with van der Waals surface area (Å²) in [5.41, 5.74) is 9.69. The van der Waals surface area contributed by atoms with Crippen LogP contribution in [-0.2, 0) is 6.54 Å². The van der Waals surface area contributed by atoms with Crippen molar-refractivity contribution in [2.24, 2.45) is 5.73 Å². The lowest BCUT2D eigenvalue weighted by Gasteiger charge is -2.17. The minimum atomic E-state index is 0.329. The van der Waals surface area contributed by atoms with Gasteiger partial charge in [0.05, 0.1) is 6.20 Å². The minimum absolute atomic E-state index is 0.329.